The lowest BCUT2D eigenvalue weighted by molar-refractivity contribution is -0.125. The number of fused-ring (bicyclic) bond motifs is 1. The van der Waals surface area contributed by atoms with Gasteiger partial charge in [-0.05, 0) is 55.3 Å². The first kappa shape index (κ1) is 25.5. The topological polar surface area (TPSA) is 65.0 Å². The van der Waals surface area contributed by atoms with Gasteiger partial charge in [-0.25, -0.2) is 9.89 Å². The number of anilines is 1. The van der Waals surface area contributed by atoms with E-state index < -0.39 is 6.04 Å². The fourth-order valence-electron chi connectivity index (χ4n) is 4.32. The van der Waals surface area contributed by atoms with Crippen molar-refractivity contribution in [1.29, 1.82) is 0 Å². The van der Waals surface area contributed by atoms with Gasteiger partial charge >= 0.3 is 0 Å². The molecule has 4 rings (SSSR count). The molecule has 0 fully saturated rings. The molecule has 1 atom stereocenters. The van der Waals surface area contributed by atoms with Crippen LogP contribution < -0.4 is 10.2 Å². The number of benzene rings is 3. The summed E-state index contributed by atoms with van der Waals surface area (Å²) in [5.74, 6) is 0.0876. The third kappa shape index (κ3) is 5.44. The molecule has 0 saturated carbocycles. The lowest BCUT2D eigenvalue weighted by atomic mass is 9.99. The SMILES string of the molecule is CCCCNC(=O)C1c2ccccc2N=C(N(C(=O)c2ccccc2)c2ccc(Cl)cc2)N1CCC. The van der Waals surface area contributed by atoms with E-state index in [-0.39, 0.29) is 11.8 Å². The highest BCUT2D eigenvalue weighted by Crippen LogP contribution is 2.37. The zero-order valence-electron chi connectivity index (χ0n) is 20.7. The first-order chi connectivity index (χ1) is 17.5. The van der Waals surface area contributed by atoms with E-state index in [4.69, 9.17) is 16.6 Å². The Hall–Kier alpha value is -3.64. The van der Waals surface area contributed by atoms with Crippen LogP contribution in [0.1, 0.15) is 55.1 Å². The summed E-state index contributed by atoms with van der Waals surface area (Å²) in [7, 11) is 0. The molecule has 3 aromatic rings. The molecule has 0 aromatic heterocycles. The number of guanidine groups is 1. The van der Waals surface area contributed by atoms with Gasteiger partial charge in [-0.1, -0.05) is 68.3 Å². The molecule has 36 heavy (non-hydrogen) atoms. The molecule has 6 nitrogen and oxygen atoms in total. The van der Waals surface area contributed by atoms with E-state index in [0.717, 1.165) is 24.8 Å². The number of nitrogens with zero attached hydrogens (tertiary/aromatic N) is 3. The van der Waals surface area contributed by atoms with Crippen molar-refractivity contribution in [2.75, 3.05) is 18.0 Å². The van der Waals surface area contributed by atoms with E-state index in [9.17, 15) is 9.59 Å². The number of carbonyl (C=O) groups is 2. The van der Waals surface area contributed by atoms with Crippen LogP contribution in [0.15, 0.2) is 83.9 Å². The van der Waals surface area contributed by atoms with Crippen molar-refractivity contribution >= 4 is 40.7 Å². The summed E-state index contributed by atoms with van der Waals surface area (Å²) in [6, 6.07) is 23.2. The summed E-state index contributed by atoms with van der Waals surface area (Å²) in [4.78, 5) is 36.0. The Labute approximate surface area is 217 Å². The Kier molecular flexibility index (Phi) is 8.39. The van der Waals surface area contributed by atoms with E-state index in [1.54, 1.807) is 41.3 Å². The number of unbranched alkanes of at least 4 members (excludes halogenated alkanes) is 1. The van der Waals surface area contributed by atoms with Crippen LogP contribution in [0.2, 0.25) is 5.02 Å². The molecule has 1 aliphatic heterocycles. The minimum absolute atomic E-state index is 0.0973. The minimum Gasteiger partial charge on any atom is -0.354 e. The molecular weight excluding hydrogens is 472 g/mol. The molecule has 7 heteroatoms. The zero-order chi connectivity index (χ0) is 25.5. The Morgan fingerprint density at radius 1 is 0.944 bits per heavy atom. The maximum atomic E-state index is 14.0. The van der Waals surface area contributed by atoms with Gasteiger partial charge in [0.1, 0.15) is 6.04 Å². The number of amides is 2. The van der Waals surface area contributed by atoms with Gasteiger partial charge in [0, 0.05) is 29.2 Å². The number of nitrogens with one attached hydrogen (secondary N) is 1. The second kappa shape index (κ2) is 11.9. The molecule has 186 valence electrons. The quantitative estimate of drug-likeness (QED) is 0.364. The van der Waals surface area contributed by atoms with Crippen molar-refractivity contribution in [3.05, 3.63) is 95.0 Å². The van der Waals surface area contributed by atoms with Crippen molar-refractivity contribution in [1.82, 2.24) is 10.2 Å². The number of hydrogen-bond donors (Lipinski definition) is 1. The van der Waals surface area contributed by atoms with Crippen molar-refractivity contribution in [3.63, 3.8) is 0 Å². The average molecular weight is 503 g/mol. The van der Waals surface area contributed by atoms with Crippen LogP contribution in [-0.2, 0) is 4.79 Å². The summed E-state index contributed by atoms with van der Waals surface area (Å²) in [5.41, 5.74) is 2.65. The second-order valence-corrected chi connectivity index (χ2v) is 9.13. The molecule has 2 amide bonds. The van der Waals surface area contributed by atoms with Crippen LogP contribution >= 0.6 is 11.6 Å². The number of halogens is 1. The van der Waals surface area contributed by atoms with E-state index in [2.05, 4.69) is 19.2 Å². The Bertz CT molecular complexity index is 1230. The molecule has 1 unspecified atom stereocenters. The summed E-state index contributed by atoms with van der Waals surface area (Å²) in [5, 5.41) is 3.66. The normalized spacial score (nSPS) is 14.6. The highest BCUT2D eigenvalue weighted by atomic mass is 35.5. The highest BCUT2D eigenvalue weighted by molar-refractivity contribution is 6.31. The first-order valence-electron chi connectivity index (χ1n) is 12.4. The van der Waals surface area contributed by atoms with E-state index in [1.807, 2.05) is 47.4 Å². The van der Waals surface area contributed by atoms with Gasteiger partial charge in [0.15, 0.2) is 0 Å². The summed E-state index contributed by atoms with van der Waals surface area (Å²) < 4.78 is 0. The zero-order valence-corrected chi connectivity index (χ0v) is 21.4. The average Bonchev–Trinajstić information content (AvgIpc) is 2.90. The highest BCUT2D eigenvalue weighted by Gasteiger charge is 2.39. The fraction of sp³-hybridized carbons (Fsp3) is 0.276. The molecule has 0 spiro atoms. The summed E-state index contributed by atoms with van der Waals surface area (Å²) >= 11 is 6.17. The molecule has 0 bridgehead atoms. The van der Waals surface area contributed by atoms with Crippen LogP contribution in [-0.4, -0.2) is 35.8 Å². The molecule has 1 N–H and O–H groups in total. The third-order valence-electron chi connectivity index (χ3n) is 6.07. The van der Waals surface area contributed by atoms with Crippen LogP contribution in [0, 0.1) is 0 Å². The number of aliphatic imine (C=N–C) groups is 1. The largest absolute Gasteiger partial charge is 0.354 e. The number of para-hydroxylation sites is 1. The van der Waals surface area contributed by atoms with E-state index in [0.29, 0.717) is 41.0 Å². The molecule has 0 saturated heterocycles. The van der Waals surface area contributed by atoms with Gasteiger partial charge in [0.2, 0.25) is 11.9 Å². The molecular formula is C29H31ClN4O2. The second-order valence-electron chi connectivity index (χ2n) is 8.69. The Balaban J connectivity index is 1.87. The standard InChI is InChI=1S/C29H31ClN4O2/c1-3-5-19-31-27(35)26-24-13-9-10-14-25(24)32-29(33(26)20-4-2)34(23-17-15-22(30)16-18-23)28(36)21-11-7-6-8-12-21/h6-18,26H,3-5,19-20H2,1-2H3,(H,31,35). The van der Waals surface area contributed by atoms with E-state index >= 15 is 0 Å². The predicted octanol–water partition coefficient (Wildman–Crippen LogP) is 6.36. The van der Waals surface area contributed by atoms with Crippen LogP contribution in [0.3, 0.4) is 0 Å². The minimum atomic E-state index is -0.608. The van der Waals surface area contributed by atoms with E-state index in [1.165, 1.54) is 0 Å². The van der Waals surface area contributed by atoms with Gasteiger partial charge in [-0.3, -0.25) is 9.59 Å². The van der Waals surface area contributed by atoms with Gasteiger partial charge in [0.25, 0.3) is 5.91 Å². The molecule has 0 aliphatic carbocycles. The monoisotopic (exact) mass is 502 g/mol. The van der Waals surface area contributed by atoms with Gasteiger partial charge in [-0.15, -0.1) is 0 Å². The molecule has 1 heterocycles. The van der Waals surface area contributed by atoms with Crippen molar-refractivity contribution < 1.29 is 9.59 Å². The van der Waals surface area contributed by atoms with Gasteiger partial charge in [-0.2, -0.15) is 0 Å². The molecule has 1 aliphatic rings. The van der Waals surface area contributed by atoms with Gasteiger partial charge < -0.3 is 10.2 Å². The summed E-state index contributed by atoms with van der Waals surface area (Å²) in [6.45, 7) is 5.29. The fourth-order valence-corrected chi connectivity index (χ4v) is 4.44. The first-order valence-corrected chi connectivity index (χ1v) is 12.8. The number of hydrogen-bond acceptors (Lipinski definition) is 4. The Morgan fingerprint density at radius 2 is 1.64 bits per heavy atom. The third-order valence-corrected chi connectivity index (χ3v) is 6.32. The van der Waals surface area contributed by atoms with Crippen molar-refractivity contribution in [3.8, 4) is 0 Å². The van der Waals surface area contributed by atoms with Gasteiger partial charge in [0.05, 0.1) is 11.4 Å². The lowest BCUT2D eigenvalue weighted by Gasteiger charge is -2.40. The Morgan fingerprint density at radius 3 is 2.33 bits per heavy atom. The molecule has 3 aromatic carbocycles. The van der Waals surface area contributed by atoms with Crippen LogP contribution in [0.5, 0.6) is 0 Å². The molecule has 0 radical (unpaired) electrons. The number of carbonyl (C=O) groups excluding carboxylic acids is 2. The van der Waals surface area contributed by atoms with Crippen LogP contribution in [0.25, 0.3) is 0 Å². The van der Waals surface area contributed by atoms with Crippen molar-refractivity contribution in [2.24, 2.45) is 4.99 Å². The van der Waals surface area contributed by atoms with Crippen molar-refractivity contribution in [2.45, 2.75) is 39.2 Å². The predicted molar refractivity (Wildman–Crippen MR) is 146 cm³/mol. The van der Waals surface area contributed by atoms with Crippen LogP contribution in [0.4, 0.5) is 11.4 Å². The maximum absolute atomic E-state index is 14.0. The smallest absolute Gasteiger partial charge is 0.265 e. The number of rotatable bonds is 8. The summed E-state index contributed by atoms with van der Waals surface area (Å²) in [6.07, 6.45) is 2.66. The maximum Gasteiger partial charge on any atom is 0.265 e. The lowest BCUT2D eigenvalue weighted by Crippen LogP contribution is -2.53.